The molecule has 0 aromatic carbocycles. The Morgan fingerprint density at radius 3 is 2.59 bits per heavy atom. The predicted molar refractivity (Wildman–Crippen MR) is 86.7 cm³/mol. The quantitative estimate of drug-likeness (QED) is 0.910. The predicted octanol–water partition coefficient (Wildman–Crippen LogP) is 2.62. The lowest BCUT2D eigenvalue weighted by Gasteiger charge is -2.26. The molecule has 0 saturated heterocycles. The van der Waals surface area contributed by atoms with E-state index in [2.05, 4.69) is 19.9 Å². The minimum absolute atomic E-state index is 0.366. The van der Waals surface area contributed by atoms with E-state index in [9.17, 15) is 0 Å². The van der Waals surface area contributed by atoms with Crippen molar-refractivity contribution in [1.82, 2.24) is 19.5 Å². The van der Waals surface area contributed by atoms with Crippen LogP contribution in [0.5, 0.6) is 0 Å². The van der Waals surface area contributed by atoms with Crippen molar-refractivity contribution in [3.63, 3.8) is 0 Å². The van der Waals surface area contributed by atoms with Gasteiger partial charge in [-0.2, -0.15) is 4.98 Å². The molecule has 0 amide bonds. The molecule has 0 aliphatic heterocycles. The SMILES string of the molecule is NC1CCC(Nc2ncc3ncn(C4CCCC4)c3n2)CC1. The average Bonchev–Trinajstić information content (AvgIpc) is 3.18. The summed E-state index contributed by atoms with van der Waals surface area (Å²) in [5.41, 5.74) is 7.83. The van der Waals surface area contributed by atoms with Gasteiger partial charge in [-0.1, -0.05) is 12.8 Å². The number of nitrogens with two attached hydrogens (primary N) is 1. The summed E-state index contributed by atoms with van der Waals surface area (Å²) in [6, 6.07) is 1.37. The molecule has 2 aliphatic rings. The Balaban J connectivity index is 1.55. The lowest BCUT2D eigenvalue weighted by Crippen LogP contribution is -2.33. The lowest BCUT2D eigenvalue weighted by atomic mass is 9.92. The molecule has 22 heavy (non-hydrogen) atoms. The summed E-state index contributed by atoms with van der Waals surface area (Å²) in [6.45, 7) is 0. The molecule has 2 aliphatic carbocycles. The maximum absolute atomic E-state index is 5.97. The summed E-state index contributed by atoms with van der Waals surface area (Å²) in [6.07, 6.45) is 13.2. The van der Waals surface area contributed by atoms with E-state index in [0.29, 0.717) is 18.1 Å². The standard InChI is InChI=1S/C16H24N6/c17-11-5-7-12(8-6-11)20-16-18-9-14-15(21-16)22(10-19-14)13-3-1-2-4-13/h9-13H,1-8,17H2,(H,18,20,21). The van der Waals surface area contributed by atoms with Crippen molar-refractivity contribution in [2.45, 2.75) is 69.5 Å². The maximum Gasteiger partial charge on any atom is 0.224 e. The Bertz CT molecular complexity index is 637. The van der Waals surface area contributed by atoms with Crippen LogP contribution in [0, 0.1) is 0 Å². The first kappa shape index (κ1) is 13.9. The molecule has 6 heteroatoms. The fourth-order valence-corrected chi connectivity index (χ4v) is 3.79. The highest BCUT2D eigenvalue weighted by Gasteiger charge is 2.21. The molecule has 118 valence electrons. The van der Waals surface area contributed by atoms with Crippen molar-refractivity contribution in [3.8, 4) is 0 Å². The molecule has 0 radical (unpaired) electrons. The summed E-state index contributed by atoms with van der Waals surface area (Å²) in [5.74, 6) is 0.729. The van der Waals surface area contributed by atoms with Gasteiger partial charge in [0.15, 0.2) is 5.65 Å². The molecule has 0 bridgehead atoms. The van der Waals surface area contributed by atoms with E-state index in [1.807, 2.05) is 12.5 Å². The minimum atomic E-state index is 0.366. The summed E-state index contributed by atoms with van der Waals surface area (Å²) < 4.78 is 2.24. The number of nitrogens with one attached hydrogen (secondary N) is 1. The fourth-order valence-electron chi connectivity index (χ4n) is 3.79. The first-order chi connectivity index (χ1) is 10.8. The summed E-state index contributed by atoms with van der Waals surface area (Å²) in [5, 5.41) is 3.48. The van der Waals surface area contributed by atoms with E-state index < -0.39 is 0 Å². The first-order valence-corrected chi connectivity index (χ1v) is 8.51. The minimum Gasteiger partial charge on any atom is -0.351 e. The third-order valence-electron chi connectivity index (χ3n) is 5.14. The second kappa shape index (κ2) is 5.83. The Kier molecular flexibility index (Phi) is 3.70. The molecule has 0 unspecified atom stereocenters. The zero-order valence-electron chi connectivity index (χ0n) is 12.9. The number of hydrogen-bond acceptors (Lipinski definition) is 5. The molecule has 2 saturated carbocycles. The van der Waals surface area contributed by atoms with Crippen molar-refractivity contribution < 1.29 is 0 Å². The monoisotopic (exact) mass is 300 g/mol. The zero-order valence-corrected chi connectivity index (χ0v) is 12.9. The molecule has 0 spiro atoms. The Morgan fingerprint density at radius 2 is 1.82 bits per heavy atom. The average molecular weight is 300 g/mol. The van der Waals surface area contributed by atoms with Crippen molar-refractivity contribution >= 4 is 17.1 Å². The van der Waals surface area contributed by atoms with Gasteiger partial charge in [-0.15, -0.1) is 0 Å². The van der Waals surface area contributed by atoms with Crippen LogP contribution >= 0.6 is 0 Å². The molecule has 0 atom stereocenters. The van der Waals surface area contributed by atoms with Gasteiger partial charge in [0, 0.05) is 18.1 Å². The van der Waals surface area contributed by atoms with E-state index in [1.165, 1.54) is 25.7 Å². The van der Waals surface area contributed by atoms with Crippen LogP contribution in [0.2, 0.25) is 0 Å². The topological polar surface area (TPSA) is 81.6 Å². The number of rotatable bonds is 3. The number of anilines is 1. The number of aromatic nitrogens is 4. The first-order valence-electron chi connectivity index (χ1n) is 8.51. The smallest absolute Gasteiger partial charge is 0.224 e. The Labute approximate surface area is 130 Å². The molecule has 6 nitrogen and oxygen atoms in total. The van der Waals surface area contributed by atoms with Gasteiger partial charge < -0.3 is 15.6 Å². The van der Waals surface area contributed by atoms with E-state index in [4.69, 9.17) is 10.7 Å². The summed E-state index contributed by atoms with van der Waals surface area (Å²) in [4.78, 5) is 13.6. The van der Waals surface area contributed by atoms with Gasteiger partial charge in [0.05, 0.1) is 12.5 Å². The number of imidazole rings is 1. The summed E-state index contributed by atoms with van der Waals surface area (Å²) in [7, 11) is 0. The molecular formula is C16H24N6. The van der Waals surface area contributed by atoms with Crippen molar-refractivity contribution in [2.24, 2.45) is 5.73 Å². The normalized spacial score (nSPS) is 26.6. The lowest BCUT2D eigenvalue weighted by molar-refractivity contribution is 0.410. The van der Waals surface area contributed by atoms with Crippen LogP contribution in [0.3, 0.4) is 0 Å². The van der Waals surface area contributed by atoms with Crippen molar-refractivity contribution in [2.75, 3.05) is 5.32 Å². The Hall–Kier alpha value is -1.69. The van der Waals surface area contributed by atoms with Crippen LogP contribution in [0.25, 0.3) is 11.2 Å². The highest BCUT2D eigenvalue weighted by atomic mass is 15.2. The van der Waals surface area contributed by atoms with Crippen LogP contribution in [-0.2, 0) is 0 Å². The van der Waals surface area contributed by atoms with Gasteiger partial charge in [0.25, 0.3) is 0 Å². The van der Waals surface area contributed by atoms with Crippen LogP contribution in [0.15, 0.2) is 12.5 Å². The van der Waals surface area contributed by atoms with Crippen molar-refractivity contribution in [1.29, 1.82) is 0 Å². The van der Waals surface area contributed by atoms with E-state index in [1.54, 1.807) is 0 Å². The molecule has 2 heterocycles. The van der Waals surface area contributed by atoms with Gasteiger partial charge in [-0.3, -0.25) is 0 Å². The highest BCUT2D eigenvalue weighted by molar-refractivity contribution is 5.71. The number of nitrogens with zero attached hydrogens (tertiary/aromatic N) is 4. The van der Waals surface area contributed by atoms with Crippen LogP contribution in [-0.4, -0.2) is 31.6 Å². The van der Waals surface area contributed by atoms with Gasteiger partial charge in [0.1, 0.15) is 5.52 Å². The molecule has 3 N–H and O–H groups in total. The highest BCUT2D eigenvalue weighted by Crippen LogP contribution is 2.31. The third-order valence-corrected chi connectivity index (χ3v) is 5.14. The zero-order chi connectivity index (χ0) is 14.9. The van der Waals surface area contributed by atoms with Crippen molar-refractivity contribution in [3.05, 3.63) is 12.5 Å². The second-order valence-corrected chi connectivity index (χ2v) is 6.75. The van der Waals surface area contributed by atoms with E-state index >= 15 is 0 Å². The van der Waals surface area contributed by atoms with Crippen LogP contribution in [0.1, 0.15) is 57.4 Å². The third kappa shape index (κ3) is 2.67. The molecule has 2 aromatic heterocycles. The second-order valence-electron chi connectivity index (χ2n) is 6.75. The Morgan fingerprint density at radius 1 is 1.05 bits per heavy atom. The van der Waals surface area contributed by atoms with Gasteiger partial charge in [-0.05, 0) is 38.5 Å². The van der Waals surface area contributed by atoms with Gasteiger partial charge >= 0.3 is 0 Å². The summed E-state index contributed by atoms with van der Waals surface area (Å²) >= 11 is 0. The van der Waals surface area contributed by atoms with Gasteiger partial charge in [0.2, 0.25) is 5.95 Å². The molecular weight excluding hydrogens is 276 g/mol. The number of hydrogen-bond donors (Lipinski definition) is 2. The van der Waals surface area contributed by atoms with Gasteiger partial charge in [-0.25, -0.2) is 9.97 Å². The molecule has 2 aromatic rings. The van der Waals surface area contributed by atoms with E-state index in [-0.39, 0.29) is 0 Å². The van der Waals surface area contributed by atoms with Crippen LogP contribution in [0.4, 0.5) is 5.95 Å². The fraction of sp³-hybridized carbons (Fsp3) is 0.688. The van der Waals surface area contributed by atoms with Crippen LogP contribution < -0.4 is 11.1 Å². The molecule has 2 fully saturated rings. The number of fused-ring (bicyclic) bond motifs is 1. The molecule has 4 rings (SSSR count). The largest absolute Gasteiger partial charge is 0.351 e. The maximum atomic E-state index is 5.97. The van der Waals surface area contributed by atoms with E-state index in [0.717, 1.165) is 42.8 Å².